The van der Waals surface area contributed by atoms with Crippen LogP contribution in [-0.2, 0) is 12.0 Å². The molecule has 2 heterocycles. The minimum absolute atomic E-state index is 0.226. The van der Waals surface area contributed by atoms with Crippen LogP contribution in [-0.4, -0.2) is 14.3 Å². The number of hydrogen-bond acceptors (Lipinski definition) is 3. The van der Waals surface area contributed by atoms with Gasteiger partial charge in [-0.2, -0.15) is 10.4 Å². The van der Waals surface area contributed by atoms with Crippen LogP contribution in [0.3, 0.4) is 0 Å². The number of nitriles is 1. The van der Waals surface area contributed by atoms with Crippen molar-refractivity contribution in [3.05, 3.63) is 51.7 Å². The van der Waals surface area contributed by atoms with Crippen molar-refractivity contribution in [2.45, 2.75) is 50.1 Å². The zero-order valence-electron chi connectivity index (χ0n) is 13.5. The van der Waals surface area contributed by atoms with Crippen LogP contribution in [0, 0.1) is 28.4 Å². The summed E-state index contributed by atoms with van der Waals surface area (Å²) < 4.78 is 30.4. The average molecular weight is 342 g/mol. The van der Waals surface area contributed by atoms with Gasteiger partial charge in [0.25, 0.3) is 0 Å². The van der Waals surface area contributed by atoms with E-state index in [0.717, 1.165) is 12.5 Å². The fourth-order valence-corrected chi connectivity index (χ4v) is 4.95. The summed E-state index contributed by atoms with van der Waals surface area (Å²) in [6.07, 6.45) is 4.16. The summed E-state index contributed by atoms with van der Waals surface area (Å²) in [6.45, 7) is 0. The molecule has 2 aromatic rings. The van der Waals surface area contributed by atoms with Gasteiger partial charge in [-0.3, -0.25) is 4.57 Å². The normalized spacial score (nSPS) is 32.3. The third-order valence-corrected chi connectivity index (χ3v) is 6.03. The standard InChI is InChI=1S/C18H16F2N4O/c19-12-4-11(5-13(20)6-12)14-2-1-3-15-22-24(16(25)23(14)15)18-7-17(8-18,9-18)10-21/h4-6,14H,1-3,7-9H2/t14-,17?,18?/m0/s1. The Kier molecular flexibility index (Phi) is 2.71. The van der Waals surface area contributed by atoms with Crippen molar-refractivity contribution < 1.29 is 8.78 Å². The first-order valence-electron chi connectivity index (χ1n) is 8.54. The van der Waals surface area contributed by atoms with Gasteiger partial charge in [-0.05, 0) is 49.8 Å². The number of benzene rings is 1. The molecule has 6 rings (SSSR count). The molecule has 0 saturated heterocycles. The Hall–Kier alpha value is -2.49. The minimum Gasteiger partial charge on any atom is -0.271 e. The topological polar surface area (TPSA) is 63.6 Å². The average Bonchev–Trinajstić information content (AvgIpc) is 2.82. The van der Waals surface area contributed by atoms with Crippen molar-refractivity contribution in [3.8, 4) is 6.07 Å². The van der Waals surface area contributed by atoms with Crippen molar-refractivity contribution in [1.82, 2.24) is 14.3 Å². The Morgan fingerprint density at radius 3 is 2.52 bits per heavy atom. The predicted molar refractivity (Wildman–Crippen MR) is 83.8 cm³/mol. The first kappa shape index (κ1) is 14.8. The molecule has 1 aromatic heterocycles. The number of fused-ring (bicyclic) bond motifs is 1. The molecule has 1 atom stereocenters. The molecule has 1 aromatic carbocycles. The summed E-state index contributed by atoms with van der Waals surface area (Å²) in [7, 11) is 0. The molecule has 2 bridgehead atoms. The van der Waals surface area contributed by atoms with Crippen molar-refractivity contribution in [1.29, 1.82) is 5.26 Å². The fourth-order valence-electron chi connectivity index (χ4n) is 4.95. The van der Waals surface area contributed by atoms with Gasteiger partial charge in [-0.15, -0.1) is 0 Å². The van der Waals surface area contributed by atoms with Crippen LogP contribution in [0.5, 0.6) is 0 Å². The molecule has 0 radical (unpaired) electrons. The molecule has 3 saturated carbocycles. The third-order valence-electron chi connectivity index (χ3n) is 6.03. The van der Waals surface area contributed by atoms with Crippen LogP contribution in [0.15, 0.2) is 23.0 Å². The van der Waals surface area contributed by atoms with E-state index in [1.54, 1.807) is 4.57 Å². The number of hydrogen-bond donors (Lipinski definition) is 0. The third kappa shape index (κ3) is 1.85. The maximum atomic E-state index is 13.6. The Balaban J connectivity index is 1.58. The Bertz CT molecular complexity index is 959. The molecule has 128 valence electrons. The monoisotopic (exact) mass is 342 g/mol. The summed E-state index contributed by atoms with van der Waals surface area (Å²) in [5, 5.41) is 13.7. The van der Waals surface area contributed by atoms with Gasteiger partial charge in [-0.25, -0.2) is 18.3 Å². The van der Waals surface area contributed by atoms with Gasteiger partial charge in [0.15, 0.2) is 0 Å². The lowest BCUT2D eigenvalue weighted by molar-refractivity contribution is -0.155. The van der Waals surface area contributed by atoms with Crippen molar-refractivity contribution >= 4 is 0 Å². The van der Waals surface area contributed by atoms with E-state index in [-0.39, 0.29) is 16.6 Å². The van der Waals surface area contributed by atoms with E-state index in [0.29, 0.717) is 43.5 Å². The molecular formula is C18H16F2N4O. The number of halogens is 2. The number of rotatable bonds is 2. The van der Waals surface area contributed by atoms with Crippen molar-refractivity contribution in [3.63, 3.8) is 0 Å². The minimum atomic E-state index is -0.641. The highest BCUT2D eigenvalue weighted by Gasteiger charge is 2.71. The lowest BCUT2D eigenvalue weighted by Crippen LogP contribution is -2.69. The summed E-state index contributed by atoms with van der Waals surface area (Å²) in [5.41, 5.74) is -0.356. The Morgan fingerprint density at radius 2 is 1.88 bits per heavy atom. The second kappa shape index (κ2) is 4.57. The first-order chi connectivity index (χ1) is 12.0. The summed E-state index contributed by atoms with van der Waals surface area (Å²) in [4.78, 5) is 13.0. The second-order valence-corrected chi connectivity index (χ2v) is 7.74. The summed E-state index contributed by atoms with van der Waals surface area (Å²) in [5.74, 6) is -0.613. The van der Waals surface area contributed by atoms with Crippen LogP contribution in [0.2, 0.25) is 0 Å². The lowest BCUT2D eigenvalue weighted by atomic mass is 9.40. The highest BCUT2D eigenvalue weighted by atomic mass is 19.1. The molecule has 0 spiro atoms. The SMILES string of the molecule is N#CC12CC(n3nc4n(c3=O)[C@H](c3cc(F)cc(F)c3)CCC4)(C1)C2. The van der Waals surface area contributed by atoms with E-state index in [2.05, 4.69) is 11.2 Å². The van der Waals surface area contributed by atoms with Crippen LogP contribution in [0.1, 0.15) is 49.5 Å². The summed E-state index contributed by atoms with van der Waals surface area (Å²) >= 11 is 0. The highest BCUT2D eigenvalue weighted by molar-refractivity contribution is 5.29. The molecule has 0 amide bonds. The van der Waals surface area contributed by atoms with Gasteiger partial charge >= 0.3 is 5.69 Å². The van der Waals surface area contributed by atoms with E-state index < -0.39 is 17.7 Å². The smallest absolute Gasteiger partial charge is 0.271 e. The maximum absolute atomic E-state index is 13.6. The van der Waals surface area contributed by atoms with E-state index in [1.165, 1.54) is 16.8 Å². The van der Waals surface area contributed by atoms with Gasteiger partial charge in [0.05, 0.1) is 23.1 Å². The predicted octanol–water partition coefficient (Wildman–Crippen LogP) is 2.65. The quantitative estimate of drug-likeness (QED) is 0.843. The van der Waals surface area contributed by atoms with E-state index in [4.69, 9.17) is 0 Å². The molecule has 0 N–H and O–H groups in total. The van der Waals surface area contributed by atoms with E-state index in [9.17, 15) is 18.8 Å². The van der Waals surface area contributed by atoms with Crippen LogP contribution in [0.25, 0.3) is 0 Å². The van der Waals surface area contributed by atoms with Gasteiger partial charge in [0, 0.05) is 12.5 Å². The van der Waals surface area contributed by atoms with Gasteiger partial charge in [-0.1, -0.05) is 0 Å². The molecule has 7 heteroatoms. The molecule has 4 aliphatic rings. The van der Waals surface area contributed by atoms with Gasteiger partial charge in [0.2, 0.25) is 0 Å². The van der Waals surface area contributed by atoms with Crippen LogP contribution >= 0.6 is 0 Å². The van der Waals surface area contributed by atoms with Gasteiger partial charge < -0.3 is 0 Å². The van der Waals surface area contributed by atoms with Crippen LogP contribution < -0.4 is 5.69 Å². The molecule has 25 heavy (non-hydrogen) atoms. The van der Waals surface area contributed by atoms with E-state index >= 15 is 0 Å². The van der Waals surface area contributed by atoms with Crippen molar-refractivity contribution in [2.24, 2.45) is 5.41 Å². The lowest BCUT2D eigenvalue weighted by Gasteiger charge is -2.65. The molecule has 5 nitrogen and oxygen atoms in total. The first-order valence-corrected chi connectivity index (χ1v) is 8.54. The fraction of sp³-hybridized carbons (Fsp3) is 0.500. The molecular weight excluding hydrogens is 326 g/mol. The maximum Gasteiger partial charge on any atom is 0.347 e. The number of aryl methyl sites for hydroxylation is 1. The largest absolute Gasteiger partial charge is 0.347 e. The number of nitrogens with zero attached hydrogens (tertiary/aromatic N) is 4. The van der Waals surface area contributed by atoms with Crippen LogP contribution in [0.4, 0.5) is 8.78 Å². The Morgan fingerprint density at radius 1 is 1.20 bits per heavy atom. The van der Waals surface area contributed by atoms with Crippen molar-refractivity contribution in [2.75, 3.05) is 0 Å². The molecule has 1 aliphatic heterocycles. The van der Waals surface area contributed by atoms with Gasteiger partial charge in [0.1, 0.15) is 17.5 Å². The zero-order valence-corrected chi connectivity index (χ0v) is 13.5. The molecule has 0 unspecified atom stereocenters. The summed E-state index contributed by atoms with van der Waals surface area (Å²) in [6, 6.07) is 5.35. The Labute approximate surface area is 142 Å². The zero-order chi connectivity index (χ0) is 17.4. The number of aromatic nitrogens is 3. The molecule has 3 aliphatic carbocycles. The molecule has 3 fully saturated rings. The highest BCUT2D eigenvalue weighted by Crippen LogP contribution is 2.70. The second-order valence-electron chi connectivity index (χ2n) is 7.74. The van der Waals surface area contributed by atoms with E-state index in [1.807, 2.05) is 0 Å².